The van der Waals surface area contributed by atoms with Gasteiger partial charge in [0.15, 0.2) is 16.3 Å². The number of hydrogen-bond donors (Lipinski definition) is 0. The highest BCUT2D eigenvalue weighted by Crippen LogP contribution is 2.38. The summed E-state index contributed by atoms with van der Waals surface area (Å²) in [5.41, 5.74) is 3.27. The van der Waals surface area contributed by atoms with Crippen molar-refractivity contribution in [1.29, 1.82) is 0 Å². The Bertz CT molecular complexity index is 1200. The van der Waals surface area contributed by atoms with E-state index in [0.29, 0.717) is 22.0 Å². The number of methoxy groups -OCH3 is 4. The lowest BCUT2D eigenvalue weighted by atomic mass is 10.1. The van der Waals surface area contributed by atoms with Crippen molar-refractivity contribution < 1.29 is 28.5 Å². The molecule has 8 nitrogen and oxygen atoms in total. The van der Waals surface area contributed by atoms with E-state index >= 15 is 0 Å². The first-order valence-corrected chi connectivity index (χ1v) is 10.2. The maximum absolute atomic E-state index is 13.0. The number of esters is 1. The van der Waals surface area contributed by atoms with Crippen molar-refractivity contribution in [2.24, 2.45) is 4.99 Å². The highest BCUT2D eigenvalue weighted by atomic mass is 32.1. The van der Waals surface area contributed by atoms with Crippen LogP contribution in [0.5, 0.6) is 17.2 Å². The molecular weight excluding hydrogens is 420 g/mol. The van der Waals surface area contributed by atoms with Gasteiger partial charge in [-0.3, -0.25) is 9.59 Å². The SMILES string of the molecule is COC(=O)Cn1c(=NC(=O)c2cc(OC)c(OC)c(OC)c2)sc2cc(C)c(C)cc21. The maximum atomic E-state index is 13.0. The van der Waals surface area contributed by atoms with Crippen molar-refractivity contribution in [3.63, 3.8) is 0 Å². The molecular formula is C22H24N2O6S. The zero-order chi connectivity index (χ0) is 22.7. The Labute approximate surface area is 183 Å². The molecule has 0 unspecified atom stereocenters. The number of aromatic nitrogens is 1. The number of hydrogen-bond acceptors (Lipinski definition) is 7. The predicted molar refractivity (Wildman–Crippen MR) is 117 cm³/mol. The monoisotopic (exact) mass is 444 g/mol. The van der Waals surface area contributed by atoms with E-state index in [1.807, 2.05) is 26.0 Å². The van der Waals surface area contributed by atoms with E-state index in [0.717, 1.165) is 21.3 Å². The summed E-state index contributed by atoms with van der Waals surface area (Å²) in [6, 6.07) is 7.08. The molecule has 0 fully saturated rings. The molecule has 0 bridgehead atoms. The van der Waals surface area contributed by atoms with E-state index in [9.17, 15) is 9.59 Å². The third-order valence-electron chi connectivity index (χ3n) is 4.92. The average molecular weight is 445 g/mol. The normalized spacial score (nSPS) is 11.5. The minimum absolute atomic E-state index is 0.0552. The van der Waals surface area contributed by atoms with Crippen LogP contribution in [0, 0.1) is 13.8 Å². The molecule has 1 heterocycles. The van der Waals surface area contributed by atoms with E-state index in [2.05, 4.69) is 4.99 Å². The number of benzene rings is 2. The van der Waals surface area contributed by atoms with E-state index in [1.54, 1.807) is 16.7 Å². The lowest BCUT2D eigenvalue weighted by molar-refractivity contribution is -0.141. The molecule has 0 saturated carbocycles. The highest BCUT2D eigenvalue weighted by molar-refractivity contribution is 7.16. The van der Waals surface area contributed by atoms with Crippen molar-refractivity contribution in [3.05, 3.63) is 45.8 Å². The van der Waals surface area contributed by atoms with Crippen molar-refractivity contribution in [3.8, 4) is 17.2 Å². The van der Waals surface area contributed by atoms with Crippen molar-refractivity contribution in [2.45, 2.75) is 20.4 Å². The zero-order valence-corrected chi connectivity index (χ0v) is 19.1. The van der Waals surface area contributed by atoms with Crippen LogP contribution in [-0.2, 0) is 16.1 Å². The van der Waals surface area contributed by atoms with Crippen LogP contribution in [0.4, 0.5) is 0 Å². The number of aryl methyl sites for hydroxylation is 2. The minimum Gasteiger partial charge on any atom is -0.493 e. The standard InChI is InChI=1S/C22H24N2O6S/c1-12-7-15-18(8-13(12)2)31-22(24(15)11-19(25)29-5)23-21(26)14-9-16(27-3)20(30-6)17(10-14)28-4/h7-10H,11H2,1-6H3. The lowest BCUT2D eigenvalue weighted by Crippen LogP contribution is -2.22. The second-order valence-corrected chi connectivity index (χ2v) is 7.79. The number of nitrogens with zero attached hydrogens (tertiary/aromatic N) is 2. The molecule has 1 amide bonds. The van der Waals surface area contributed by atoms with Gasteiger partial charge in [-0.05, 0) is 49.2 Å². The molecule has 0 aliphatic carbocycles. The maximum Gasteiger partial charge on any atom is 0.325 e. The smallest absolute Gasteiger partial charge is 0.325 e. The number of fused-ring (bicyclic) bond motifs is 1. The van der Waals surface area contributed by atoms with Gasteiger partial charge in [0.05, 0.1) is 38.7 Å². The molecule has 0 radical (unpaired) electrons. The molecule has 3 rings (SSSR count). The van der Waals surface area contributed by atoms with Crippen LogP contribution >= 0.6 is 11.3 Å². The molecule has 3 aromatic rings. The van der Waals surface area contributed by atoms with Crippen LogP contribution in [0.15, 0.2) is 29.3 Å². The lowest BCUT2D eigenvalue weighted by Gasteiger charge is -2.12. The quantitative estimate of drug-likeness (QED) is 0.543. The van der Waals surface area contributed by atoms with Crippen LogP contribution in [-0.4, -0.2) is 44.9 Å². The number of carbonyl (C=O) groups excluding carboxylic acids is 2. The van der Waals surface area contributed by atoms with Crippen molar-refractivity contribution >= 4 is 33.4 Å². The number of rotatable bonds is 6. The number of amides is 1. The van der Waals surface area contributed by atoms with Gasteiger partial charge in [0, 0.05) is 5.56 Å². The van der Waals surface area contributed by atoms with Gasteiger partial charge in [-0.25, -0.2) is 0 Å². The highest BCUT2D eigenvalue weighted by Gasteiger charge is 2.18. The summed E-state index contributed by atoms with van der Waals surface area (Å²) < 4.78 is 23.4. The number of thiazole rings is 1. The van der Waals surface area contributed by atoms with Crippen molar-refractivity contribution in [1.82, 2.24) is 4.57 Å². The molecule has 9 heteroatoms. The van der Waals surface area contributed by atoms with Gasteiger partial charge < -0.3 is 23.5 Å². The molecule has 31 heavy (non-hydrogen) atoms. The van der Waals surface area contributed by atoms with Crippen molar-refractivity contribution in [2.75, 3.05) is 28.4 Å². The summed E-state index contributed by atoms with van der Waals surface area (Å²) in [5.74, 6) is 0.156. The van der Waals surface area contributed by atoms with E-state index in [1.165, 1.54) is 39.8 Å². The van der Waals surface area contributed by atoms with E-state index in [-0.39, 0.29) is 12.1 Å². The summed E-state index contributed by atoms with van der Waals surface area (Å²) in [6.07, 6.45) is 0. The van der Waals surface area contributed by atoms with Gasteiger partial charge in [-0.15, -0.1) is 0 Å². The molecule has 2 aromatic carbocycles. The van der Waals surface area contributed by atoms with Gasteiger partial charge in [0.1, 0.15) is 6.54 Å². The van der Waals surface area contributed by atoms with Gasteiger partial charge in [-0.2, -0.15) is 4.99 Å². The van der Waals surface area contributed by atoms with Crippen LogP contribution in [0.3, 0.4) is 0 Å². The molecule has 0 N–H and O–H groups in total. The Morgan fingerprint density at radius 3 is 2.10 bits per heavy atom. The second kappa shape index (κ2) is 9.22. The Morgan fingerprint density at radius 2 is 1.55 bits per heavy atom. The average Bonchev–Trinajstić information content (AvgIpc) is 3.08. The molecule has 0 atom stereocenters. The van der Waals surface area contributed by atoms with E-state index in [4.69, 9.17) is 18.9 Å². The zero-order valence-electron chi connectivity index (χ0n) is 18.3. The number of ether oxygens (including phenoxy) is 4. The summed E-state index contributed by atoms with van der Waals surface area (Å²) in [4.78, 5) is 29.7. The largest absolute Gasteiger partial charge is 0.493 e. The molecule has 0 spiro atoms. The first-order chi connectivity index (χ1) is 14.8. The van der Waals surface area contributed by atoms with Gasteiger partial charge in [-0.1, -0.05) is 11.3 Å². The van der Waals surface area contributed by atoms with Crippen LogP contribution in [0.2, 0.25) is 0 Å². The summed E-state index contributed by atoms with van der Waals surface area (Å²) >= 11 is 1.33. The topological polar surface area (TPSA) is 88.4 Å². The fraction of sp³-hybridized carbons (Fsp3) is 0.318. The fourth-order valence-corrected chi connectivity index (χ4v) is 4.22. The number of carbonyl (C=O) groups is 2. The Hall–Kier alpha value is -3.33. The summed E-state index contributed by atoms with van der Waals surface area (Å²) in [5, 5.41) is 0. The Balaban J connectivity index is 2.18. The fourth-order valence-electron chi connectivity index (χ4n) is 3.11. The first kappa shape index (κ1) is 22.4. The molecule has 0 aliphatic heterocycles. The van der Waals surface area contributed by atoms with E-state index < -0.39 is 11.9 Å². The summed E-state index contributed by atoms with van der Waals surface area (Å²) in [6.45, 7) is 3.95. The summed E-state index contributed by atoms with van der Waals surface area (Å²) in [7, 11) is 5.77. The van der Waals surface area contributed by atoms with Gasteiger partial charge in [0.2, 0.25) is 5.75 Å². The first-order valence-electron chi connectivity index (χ1n) is 9.39. The predicted octanol–water partition coefficient (Wildman–Crippen LogP) is 3.26. The third kappa shape index (κ3) is 4.41. The third-order valence-corrected chi connectivity index (χ3v) is 5.96. The Kier molecular flexibility index (Phi) is 6.65. The van der Waals surface area contributed by atoms with Gasteiger partial charge in [0.25, 0.3) is 5.91 Å². The Morgan fingerprint density at radius 1 is 0.935 bits per heavy atom. The van der Waals surface area contributed by atoms with Crippen LogP contribution in [0.1, 0.15) is 21.5 Å². The molecule has 0 saturated heterocycles. The molecule has 1 aromatic heterocycles. The van der Waals surface area contributed by atoms with Gasteiger partial charge >= 0.3 is 5.97 Å². The van der Waals surface area contributed by atoms with Crippen LogP contribution in [0.25, 0.3) is 10.2 Å². The molecule has 164 valence electrons. The van der Waals surface area contributed by atoms with Crippen LogP contribution < -0.4 is 19.0 Å². The molecule has 0 aliphatic rings. The second-order valence-electron chi connectivity index (χ2n) is 6.78. The minimum atomic E-state index is -0.502.